The summed E-state index contributed by atoms with van der Waals surface area (Å²) in [6.07, 6.45) is 5.33. The van der Waals surface area contributed by atoms with E-state index in [2.05, 4.69) is 34.4 Å². The monoisotopic (exact) mass is 293 g/mol. The standard InChI is InChI=1S/C14H19N3O2S/c1-9(2)20-14-11-5-6-17(13(11)15-8-16-14)12-4-3-10(7-18)19-12/h5-6,8-10,12,18H,3-4,7H2,1-2H3. The molecular weight excluding hydrogens is 274 g/mol. The van der Waals surface area contributed by atoms with Crippen LogP contribution in [0.5, 0.6) is 0 Å². The summed E-state index contributed by atoms with van der Waals surface area (Å²) in [6.45, 7) is 4.39. The molecule has 0 spiro atoms. The summed E-state index contributed by atoms with van der Waals surface area (Å²) in [5, 5.41) is 11.7. The van der Waals surface area contributed by atoms with Gasteiger partial charge in [0.15, 0.2) is 0 Å². The topological polar surface area (TPSA) is 60.2 Å². The third-order valence-electron chi connectivity index (χ3n) is 3.42. The predicted molar refractivity (Wildman–Crippen MR) is 78.8 cm³/mol. The molecular formula is C14H19N3O2S. The number of aromatic nitrogens is 3. The van der Waals surface area contributed by atoms with Gasteiger partial charge in [-0.15, -0.1) is 11.8 Å². The number of aliphatic hydroxyl groups excluding tert-OH is 1. The van der Waals surface area contributed by atoms with Gasteiger partial charge in [0.2, 0.25) is 0 Å². The van der Waals surface area contributed by atoms with Gasteiger partial charge in [0.25, 0.3) is 0 Å². The van der Waals surface area contributed by atoms with E-state index in [1.165, 1.54) is 0 Å². The highest BCUT2D eigenvalue weighted by Gasteiger charge is 2.27. The van der Waals surface area contributed by atoms with E-state index in [9.17, 15) is 5.11 Å². The van der Waals surface area contributed by atoms with Gasteiger partial charge in [-0.2, -0.15) is 0 Å². The van der Waals surface area contributed by atoms with Crippen molar-refractivity contribution in [1.82, 2.24) is 14.5 Å². The highest BCUT2D eigenvalue weighted by molar-refractivity contribution is 8.00. The lowest BCUT2D eigenvalue weighted by Gasteiger charge is -2.15. The maximum atomic E-state index is 9.17. The van der Waals surface area contributed by atoms with E-state index in [4.69, 9.17) is 4.74 Å². The van der Waals surface area contributed by atoms with Crippen LogP contribution in [0.25, 0.3) is 11.0 Å². The quantitative estimate of drug-likeness (QED) is 0.693. The molecule has 5 nitrogen and oxygen atoms in total. The summed E-state index contributed by atoms with van der Waals surface area (Å²) >= 11 is 1.74. The second-order valence-corrected chi connectivity index (χ2v) is 6.84. The summed E-state index contributed by atoms with van der Waals surface area (Å²) in [7, 11) is 0. The zero-order valence-corrected chi connectivity index (χ0v) is 12.5. The molecule has 0 bridgehead atoms. The van der Waals surface area contributed by atoms with Gasteiger partial charge >= 0.3 is 0 Å². The number of hydrogen-bond donors (Lipinski definition) is 1. The lowest BCUT2D eigenvalue weighted by Crippen LogP contribution is -2.14. The second kappa shape index (κ2) is 5.71. The first-order valence-corrected chi connectivity index (χ1v) is 7.81. The van der Waals surface area contributed by atoms with Crippen molar-refractivity contribution in [3.63, 3.8) is 0 Å². The van der Waals surface area contributed by atoms with Crippen molar-refractivity contribution in [3.05, 3.63) is 18.6 Å². The molecule has 1 aliphatic heterocycles. The van der Waals surface area contributed by atoms with Crippen molar-refractivity contribution >= 4 is 22.8 Å². The van der Waals surface area contributed by atoms with Crippen LogP contribution in [0.1, 0.15) is 32.9 Å². The molecule has 108 valence electrons. The normalized spacial score (nSPS) is 23.0. The van der Waals surface area contributed by atoms with Gasteiger partial charge in [-0.25, -0.2) is 9.97 Å². The summed E-state index contributed by atoms with van der Waals surface area (Å²) in [6, 6.07) is 2.05. The van der Waals surface area contributed by atoms with Gasteiger partial charge in [-0.3, -0.25) is 0 Å². The van der Waals surface area contributed by atoms with Gasteiger partial charge in [-0.05, 0) is 18.9 Å². The molecule has 2 aromatic rings. The van der Waals surface area contributed by atoms with Crippen molar-refractivity contribution in [2.24, 2.45) is 0 Å². The van der Waals surface area contributed by atoms with Crippen molar-refractivity contribution in [1.29, 1.82) is 0 Å². The number of thioether (sulfide) groups is 1. The average molecular weight is 293 g/mol. The third-order valence-corrected chi connectivity index (χ3v) is 4.44. The minimum atomic E-state index is -0.0520. The fraction of sp³-hybridized carbons (Fsp3) is 0.571. The van der Waals surface area contributed by atoms with Crippen molar-refractivity contribution in [2.45, 2.75) is 49.3 Å². The highest BCUT2D eigenvalue weighted by atomic mass is 32.2. The molecule has 0 saturated carbocycles. The van der Waals surface area contributed by atoms with Crippen LogP contribution in [-0.4, -0.2) is 37.6 Å². The van der Waals surface area contributed by atoms with Gasteiger partial charge in [-0.1, -0.05) is 13.8 Å². The highest BCUT2D eigenvalue weighted by Crippen LogP contribution is 2.33. The molecule has 3 heterocycles. The van der Waals surface area contributed by atoms with E-state index in [1.807, 2.05) is 6.20 Å². The molecule has 1 N–H and O–H groups in total. The first-order chi connectivity index (χ1) is 9.69. The Labute approximate surface area is 122 Å². The minimum absolute atomic E-state index is 0.0311. The summed E-state index contributed by atoms with van der Waals surface area (Å²) < 4.78 is 7.88. The Morgan fingerprint density at radius 3 is 3.00 bits per heavy atom. The van der Waals surface area contributed by atoms with Crippen LogP contribution >= 0.6 is 11.8 Å². The van der Waals surface area contributed by atoms with E-state index in [-0.39, 0.29) is 18.9 Å². The van der Waals surface area contributed by atoms with Crippen LogP contribution in [0.4, 0.5) is 0 Å². The third kappa shape index (κ3) is 2.55. The maximum absolute atomic E-state index is 9.17. The van der Waals surface area contributed by atoms with E-state index in [0.29, 0.717) is 5.25 Å². The van der Waals surface area contributed by atoms with Crippen LogP contribution in [0.15, 0.2) is 23.6 Å². The Bertz CT molecular complexity index is 599. The Balaban J connectivity index is 1.94. The van der Waals surface area contributed by atoms with Gasteiger partial charge in [0.1, 0.15) is 23.2 Å². The van der Waals surface area contributed by atoms with Crippen molar-refractivity contribution in [3.8, 4) is 0 Å². The second-order valence-electron chi connectivity index (χ2n) is 5.28. The molecule has 1 fully saturated rings. The van der Waals surface area contributed by atoms with Crippen molar-refractivity contribution < 1.29 is 9.84 Å². The van der Waals surface area contributed by atoms with Crippen LogP contribution < -0.4 is 0 Å². The van der Waals surface area contributed by atoms with Crippen LogP contribution in [0.3, 0.4) is 0 Å². The van der Waals surface area contributed by atoms with E-state index < -0.39 is 0 Å². The largest absolute Gasteiger partial charge is 0.394 e. The van der Waals surface area contributed by atoms with E-state index in [0.717, 1.165) is 28.9 Å². The number of ether oxygens (including phenoxy) is 1. The molecule has 1 saturated heterocycles. The van der Waals surface area contributed by atoms with Crippen molar-refractivity contribution in [2.75, 3.05) is 6.61 Å². The summed E-state index contributed by atoms with van der Waals surface area (Å²) in [4.78, 5) is 8.78. The number of aliphatic hydroxyl groups is 1. The lowest BCUT2D eigenvalue weighted by atomic mass is 10.2. The van der Waals surface area contributed by atoms with E-state index in [1.54, 1.807) is 18.1 Å². The zero-order valence-electron chi connectivity index (χ0n) is 11.7. The molecule has 2 unspecified atom stereocenters. The average Bonchev–Trinajstić information content (AvgIpc) is 3.04. The molecule has 0 radical (unpaired) electrons. The summed E-state index contributed by atoms with van der Waals surface area (Å²) in [5.41, 5.74) is 0.909. The SMILES string of the molecule is CC(C)Sc1ncnc2c1ccn2C1CCC(CO)O1. The maximum Gasteiger partial charge on any atom is 0.146 e. The number of rotatable bonds is 4. The Hall–Kier alpha value is -1.11. The molecule has 20 heavy (non-hydrogen) atoms. The fourth-order valence-electron chi connectivity index (χ4n) is 2.52. The molecule has 2 aromatic heterocycles. The minimum Gasteiger partial charge on any atom is -0.394 e. The summed E-state index contributed by atoms with van der Waals surface area (Å²) in [5.74, 6) is 0. The molecule has 0 aromatic carbocycles. The molecule has 0 aliphatic carbocycles. The van der Waals surface area contributed by atoms with Gasteiger partial charge < -0.3 is 14.4 Å². The Morgan fingerprint density at radius 1 is 1.45 bits per heavy atom. The zero-order chi connectivity index (χ0) is 14.1. The fourth-order valence-corrected chi connectivity index (χ4v) is 3.36. The smallest absolute Gasteiger partial charge is 0.146 e. The number of hydrogen-bond acceptors (Lipinski definition) is 5. The first kappa shape index (κ1) is 13.9. The lowest BCUT2D eigenvalue weighted by molar-refractivity contribution is -0.0204. The molecule has 0 amide bonds. The number of nitrogens with zero attached hydrogens (tertiary/aromatic N) is 3. The Kier molecular flexibility index (Phi) is 3.96. The van der Waals surface area contributed by atoms with Gasteiger partial charge in [0.05, 0.1) is 18.1 Å². The van der Waals surface area contributed by atoms with Gasteiger partial charge in [0, 0.05) is 11.4 Å². The van der Waals surface area contributed by atoms with Crippen LogP contribution in [0.2, 0.25) is 0 Å². The molecule has 2 atom stereocenters. The van der Waals surface area contributed by atoms with E-state index >= 15 is 0 Å². The van der Waals surface area contributed by atoms with Crippen LogP contribution in [-0.2, 0) is 4.74 Å². The molecule has 6 heteroatoms. The molecule has 3 rings (SSSR count). The molecule has 1 aliphatic rings. The first-order valence-electron chi connectivity index (χ1n) is 6.93. The predicted octanol–water partition coefficient (Wildman–Crippen LogP) is 2.60. The Morgan fingerprint density at radius 2 is 2.30 bits per heavy atom. The number of fused-ring (bicyclic) bond motifs is 1. The van der Waals surface area contributed by atoms with Crippen LogP contribution in [0, 0.1) is 0 Å².